The minimum absolute atomic E-state index is 0. The maximum absolute atomic E-state index is 3.77. The fraction of sp³-hybridized carbons (Fsp3) is 0.400. The SMILES string of the molecule is Cc1cc(C)[n-]n1.[K+]. The molecule has 3 heteroatoms. The van der Waals surface area contributed by atoms with E-state index in [1.165, 1.54) is 0 Å². The molecule has 0 unspecified atom stereocenters. The van der Waals surface area contributed by atoms with Crippen molar-refractivity contribution in [2.75, 3.05) is 0 Å². The summed E-state index contributed by atoms with van der Waals surface area (Å²) in [4.78, 5) is 0. The van der Waals surface area contributed by atoms with Crippen LogP contribution in [-0.4, -0.2) is 5.10 Å². The van der Waals surface area contributed by atoms with Crippen molar-refractivity contribution in [2.45, 2.75) is 13.8 Å². The molecule has 0 fully saturated rings. The summed E-state index contributed by atoms with van der Waals surface area (Å²) >= 11 is 0. The predicted molar refractivity (Wildman–Crippen MR) is 27.0 cm³/mol. The van der Waals surface area contributed by atoms with Crippen LogP contribution < -0.4 is 56.5 Å². The van der Waals surface area contributed by atoms with Gasteiger partial charge >= 0.3 is 51.4 Å². The van der Waals surface area contributed by atoms with Crippen molar-refractivity contribution in [3.05, 3.63) is 17.5 Å². The number of hydrogen-bond donors (Lipinski definition) is 0. The molecule has 0 N–H and O–H groups in total. The number of nitrogens with zero attached hydrogens (tertiary/aromatic N) is 2. The summed E-state index contributed by atoms with van der Waals surface area (Å²) in [5.41, 5.74) is 2.00. The van der Waals surface area contributed by atoms with Crippen LogP contribution in [0.5, 0.6) is 0 Å². The fourth-order valence-corrected chi connectivity index (χ4v) is 0.518. The van der Waals surface area contributed by atoms with Gasteiger partial charge in [0.1, 0.15) is 0 Å². The Morgan fingerprint density at radius 1 is 1.50 bits per heavy atom. The second-order valence-corrected chi connectivity index (χ2v) is 1.63. The molecular weight excluding hydrogens is 127 g/mol. The van der Waals surface area contributed by atoms with Crippen molar-refractivity contribution < 1.29 is 51.4 Å². The first-order valence-corrected chi connectivity index (χ1v) is 2.22. The molecule has 0 aliphatic heterocycles. The Hall–Kier alpha value is 0.846. The maximum Gasteiger partial charge on any atom is 1.00 e. The summed E-state index contributed by atoms with van der Waals surface area (Å²) in [7, 11) is 0. The van der Waals surface area contributed by atoms with Gasteiger partial charge in [-0.3, -0.25) is 0 Å². The van der Waals surface area contributed by atoms with Gasteiger partial charge in [-0.2, -0.15) is 0 Å². The molecule has 8 heavy (non-hydrogen) atoms. The molecule has 0 radical (unpaired) electrons. The fourth-order valence-electron chi connectivity index (χ4n) is 0.518. The van der Waals surface area contributed by atoms with Crippen LogP contribution in [0.4, 0.5) is 0 Å². The molecule has 0 saturated heterocycles. The van der Waals surface area contributed by atoms with E-state index >= 15 is 0 Å². The number of aryl methyl sites for hydroxylation is 2. The molecule has 0 aliphatic carbocycles. The van der Waals surface area contributed by atoms with Crippen LogP contribution in [0.3, 0.4) is 0 Å². The first-order valence-electron chi connectivity index (χ1n) is 2.22. The van der Waals surface area contributed by atoms with Gasteiger partial charge in [0.2, 0.25) is 0 Å². The molecule has 2 nitrogen and oxygen atoms in total. The van der Waals surface area contributed by atoms with Crippen molar-refractivity contribution in [3.63, 3.8) is 0 Å². The summed E-state index contributed by atoms with van der Waals surface area (Å²) in [6.45, 7) is 3.86. The Labute approximate surface area is 91.5 Å². The zero-order valence-electron chi connectivity index (χ0n) is 5.47. The van der Waals surface area contributed by atoms with E-state index in [2.05, 4.69) is 10.2 Å². The summed E-state index contributed by atoms with van der Waals surface area (Å²) in [6, 6.07) is 1.94. The largest absolute Gasteiger partial charge is 1.00 e. The van der Waals surface area contributed by atoms with E-state index in [1.54, 1.807) is 0 Å². The maximum atomic E-state index is 3.77. The van der Waals surface area contributed by atoms with Crippen LogP contribution in [0, 0.1) is 13.8 Å². The van der Waals surface area contributed by atoms with Gasteiger partial charge in [0.05, 0.1) is 0 Å². The first kappa shape index (κ1) is 8.85. The zero-order valence-corrected chi connectivity index (χ0v) is 8.59. The predicted octanol–water partition coefficient (Wildman–Crippen LogP) is -2.34. The summed E-state index contributed by atoms with van der Waals surface area (Å²) in [5, 5.41) is 7.53. The van der Waals surface area contributed by atoms with Crippen molar-refractivity contribution in [1.29, 1.82) is 0 Å². The van der Waals surface area contributed by atoms with Crippen molar-refractivity contribution >= 4 is 0 Å². The van der Waals surface area contributed by atoms with E-state index in [1.807, 2.05) is 19.9 Å². The van der Waals surface area contributed by atoms with Gasteiger partial charge < -0.3 is 10.2 Å². The van der Waals surface area contributed by atoms with E-state index in [9.17, 15) is 0 Å². The minimum atomic E-state index is 0. The topological polar surface area (TPSA) is 27.0 Å². The minimum Gasteiger partial charge on any atom is -0.579 e. The Balaban J connectivity index is 0.000000490. The molecule has 0 aromatic carbocycles. The summed E-state index contributed by atoms with van der Waals surface area (Å²) in [5.74, 6) is 0. The normalized spacial score (nSPS) is 8.25. The molecule has 1 aromatic heterocycles. The number of hydrogen-bond acceptors (Lipinski definition) is 1. The molecule has 1 aromatic rings. The van der Waals surface area contributed by atoms with E-state index in [-0.39, 0.29) is 51.4 Å². The van der Waals surface area contributed by atoms with E-state index in [4.69, 9.17) is 0 Å². The second kappa shape index (κ2) is 3.79. The molecule has 0 atom stereocenters. The molecule has 1 heterocycles. The van der Waals surface area contributed by atoms with Crippen molar-refractivity contribution in [1.82, 2.24) is 10.2 Å². The van der Waals surface area contributed by atoms with Gasteiger partial charge in [-0.15, -0.1) is 5.69 Å². The zero-order chi connectivity index (χ0) is 5.28. The molecule has 0 aliphatic rings. The standard InChI is InChI=1S/C5H7N2.K/c1-4-3-5(2)7-6-4;/h3H,1-2H3;/q-1;+1. The van der Waals surface area contributed by atoms with E-state index in [0.29, 0.717) is 0 Å². The third-order valence-corrected chi connectivity index (χ3v) is 0.783. The molecule has 0 bridgehead atoms. The molecule has 0 amide bonds. The van der Waals surface area contributed by atoms with Gasteiger partial charge in [-0.25, -0.2) is 0 Å². The second-order valence-electron chi connectivity index (χ2n) is 1.63. The third-order valence-electron chi connectivity index (χ3n) is 0.783. The van der Waals surface area contributed by atoms with Gasteiger partial charge in [0.15, 0.2) is 0 Å². The smallest absolute Gasteiger partial charge is 0.579 e. The van der Waals surface area contributed by atoms with Gasteiger partial charge in [0.25, 0.3) is 0 Å². The van der Waals surface area contributed by atoms with Crippen molar-refractivity contribution in [3.8, 4) is 0 Å². The van der Waals surface area contributed by atoms with E-state index in [0.717, 1.165) is 11.4 Å². The monoisotopic (exact) mass is 134 g/mol. The first-order chi connectivity index (χ1) is 3.29. The Morgan fingerprint density at radius 3 is 2.25 bits per heavy atom. The molecule has 0 saturated carbocycles. The Bertz CT molecular complexity index is 143. The number of aromatic nitrogens is 2. The van der Waals surface area contributed by atoms with Crippen LogP contribution in [-0.2, 0) is 0 Å². The third kappa shape index (κ3) is 2.41. The molecular formula is C5H7KN2. The molecule has 1 rings (SSSR count). The van der Waals surface area contributed by atoms with Crippen LogP contribution in [0.25, 0.3) is 0 Å². The molecule has 0 spiro atoms. The van der Waals surface area contributed by atoms with Gasteiger partial charge in [0, 0.05) is 5.69 Å². The average Bonchev–Trinajstić information content (AvgIpc) is 1.87. The summed E-state index contributed by atoms with van der Waals surface area (Å²) in [6.07, 6.45) is 0. The quantitative estimate of drug-likeness (QED) is 0.372. The van der Waals surface area contributed by atoms with Crippen molar-refractivity contribution in [2.24, 2.45) is 0 Å². The Morgan fingerprint density at radius 2 is 2.12 bits per heavy atom. The Kier molecular flexibility index (Phi) is 4.19. The van der Waals surface area contributed by atoms with Gasteiger partial charge in [-0.1, -0.05) is 13.0 Å². The van der Waals surface area contributed by atoms with Crippen LogP contribution in [0.1, 0.15) is 11.4 Å². The number of rotatable bonds is 0. The van der Waals surface area contributed by atoms with Crippen LogP contribution in [0.2, 0.25) is 0 Å². The van der Waals surface area contributed by atoms with E-state index < -0.39 is 0 Å². The van der Waals surface area contributed by atoms with Crippen LogP contribution >= 0.6 is 0 Å². The van der Waals surface area contributed by atoms with Gasteiger partial charge in [-0.05, 0) is 6.92 Å². The average molecular weight is 134 g/mol. The van der Waals surface area contributed by atoms with Crippen LogP contribution in [0.15, 0.2) is 6.07 Å². The molecule has 38 valence electrons. The summed E-state index contributed by atoms with van der Waals surface area (Å²) < 4.78 is 0.